The summed E-state index contributed by atoms with van der Waals surface area (Å²) in [5.74, 6) is -2.55. The lowest BCUT2D eigenvalue weighted by Gasteiger charge is -2.07. The second kappa shape index (κ2) is 2.44. The third-order valence-electron chi connectivity index (χ3n) is 3.83. The van der Waals surface area contributed by atoms with Crippen molar-refractivity contribution in [2.45, 2.75) is 37.6 Å². The van der Waals surface area contributed by atoms with E-state index in [-0.39, 0.29) is 17.9 Å². The summed E-state index contributed by atoms with van der Waals surface area (Å²) in [6.07, 6.45) is 4.13. The van der Waals surface area contributed by atoms with E-state index in [1.807, 2.05) is 0 Å². The van der Waals surface area contributed by atoms with Gasteiger partial charge in [-0.05, 0) is 38.1 Å². The van der Waals surface area contributed by atoms with Crippen molar-refractivity contribution in [2.24, 2.45) is 17.8 Å². The summed E-state index contributed by atoms with van der Waals surface area (Å²) >= 11 is 0. The third kappa shape index (κ3) is 1.13. The highest BCUT2D eigenvalue weighted by molar-refractivity contribution is 5.15. The quantitative estimate of drug-likeness (QED) is 0.697. The van der Waals surface area contributed by atoms with E-state index in [1.165, 1.54) is 0 Å². The van der Waals surface area contributed by atoms with Gasteiger partial charge in [0.1, 0.15) is 0 Å². The predicted molar refractivity (Wildman–Crippen MR) is 45.7 cm³/mol. The molecule has 1 N–H and O–H groups in total. The molecule has 2 aliphatic carbocycles. The summed E-state index contributed by atoms with van der Waals surface area (Å²) in [6, 6.07) is 0.126. The fourth-order valence-electron chi connectivity index (χ4n) is 2.97. The van der Waals surface area contributed by atoms with Crippen LogP contribution in [-0.2, 0) is 0 Å². The van der Waals surface area contributed by atoms with Crippen LogP contribution in [0, 0.1) is 17.8 Å². The van der Waals surface area contributed by atoms with Gasteiger partial charge in [0.15, 0.2) is 0 Å². The molecule has 13 heavy (non-hydrogen) atoms. The van der Waals surface area contributed by atoms with Crippen molar-refractivity contribution in [1.29, 1.82) is 0 Å². The summed E-state index contributed by atoms with van der Waals surface area (Å²) in [7, 11) is 0. The minimum Gasteiger partial charge on any atom is -0.313 e. The highest BCUT2D eigenvalue weighted by Gasteiger charge is 2.74. The second-order valence-electron chi connectivity index (χ2n) is 4.77. The Bertz CT molecular complexity index is 219. The smallest absolute Gasteiger partial charge is 0.256 e. The average molecular weight is 187 g/mol. The van der Waals surface area contributed by atoms with Crippen molar-refractivity contribution >= 4 is 0 Å². The molecule has 74 valence electrons. The number of alkyl halides is 2. The van der Waals surface area contributed by atoms with Crippen LogP contribution < -0.4 is 5.32 Å². The summed E-state index contributed by atoms with van der Waals surface area (Å²) in [5, 5.41) is 3.21. The molecule has 3 unspecified atom stereocenters. The van der Waals surface area contributed by atoms with Gasteiger partial charge in [0.25, 0.3) is 5.92 Å². The van der Waals surface area contributed by atoms with Gasteiger partial charge in [-0.3, -0.25) is 0 Å². The molecule has 0 radical (unpaired) electrons. The Balaban J connectivity index is 1.70. The van der Waals surface area contributed by atoms with Crippen LogP contribution in [0.4, 0.5) is 8.78 Å². The van der Waals surface area contributed by atoms with Gasteiger partial charge in [-0.2, -0.15) is 0 Å². The first-order valence-corrected chi connectivity index (χ1v) is 5.32. The molecule has 3 atom stereocenters. The lowest BCUT2D eigenvalue weighted by atomic mass is 10.1. The molecule has 0 bridgehead atoms. The Labute approximate surface area is 76.9 Å². The first kappa shape index (κ1) is 8.16. The van der Waals surface area contributed by atoms with E-state index in [0.29, 0.717) is 5.92 Å². The first-order valence-electron chi connectivity index (χ1n) is 5.32. The maximum absolute atomic E-state index is 13.4. The minimum absolute atomic E-state index is 0.126. The van der Waals surface area contributed by atoms with Gasteiger partial charge in [-0.1, -0.05) is 0 Å². The molecule has 0 spiro atoms. The number of halogens is 2. The highest BCUT2D eigenvalue weighted by Crippen LogP contribution is 2.66. The Kier molecular flexibility index (Phi) is 1.53. The van der Waals surface area contributed by atoms with E-state index in [0.717, 1.165) is 32.2 Å². The predicted octanol–water partition coefficient (Wildman–Crippen LogP) is 2.03. The Hall–Kier alpha value is -0.180. The molecule has 0 amide bonds. The van der Waals surface area contributed by atoms with Crippen molar-refractivity contribution in [2.75, 3.05) is 6.54 Å². The van der Waals surface area contributed by atoms with Gasteiger partial charge in [0.05, 0.1) is 0 Å². The zero-order valence-corrected chi connectivity index (χ0v) is 7.60. The van der Waals surface area contributed by atoms with Crippen LogP contribution >= 0.6 is 0 Å². The summed E-state index contributed by atoms with van der Waals surface area (Å²) in [5.41, 5.74) is 0. The van der Waals surface area contributed by atoms with Crippen LogP contribution in [0.3, 0.4) is 0 Å². The normalized spacial score (nSPS) is 48.0. The van der Waals surface area contributed by atoms with Crippen molar-refractivity contribution in [3.8, 4) is 0 Å². The zero-order chi connectivity index (χ0) is 9.05. The van der Waals surface area contributed by atoms with Gasteiger partial charge in [0, 0.05) is 17.9 Å². The van der Waals surface area contributed by atoms with Crippen LogP contribution in [0.1, 0.15) is 25.7 Å². The van der Waals surface area contributed by atoms with Crippen molar-refractivity contribution in [1.82, 2.24) is 5.32 Å². The molecule has 1 aliphatic heterocycles. The van der Waals surface area contributed by atoms with E-state index in [9.17, 15) is 8.78 Å². The van der Waals surface area contributed by atoms with E-state index >= 15 is 0 Å². The highest BCUT2D eigenvalue weighted by atomic mass is 19.3. The van der Waals surface area contributed by atoms with E-state index in [1.54, 1.807) is 0 Å². The third-order valence-corrected chi connectivity index (χ3v) is 3.83. The zero-order valence-electron chi connectivity index (χ0n) is 7.60. The monoisotopic (exact) mass is 187 g/mol. The van der Waals surface area contributed by atoms with Gasteiger partial charge in [0.2, 0.25) is 0 Å². The largest absolute Gasteiger partial charge is 0.313 e. The molecule has 0 aromatic rings. The van der Waals surface area contributed by atoms with E-state index < -0.39 is 5.92 Å². The van der Waals surface area contributed by atoms with E-state index in [2.05, 4.69) is 5.32 Å². The summed E-state index contributed by atoms with van der Waals surface area (Å²) in [6.45, 7) is 0.939. The SMILES string of the molecule is FC1(F)C(C2CC2)C1C1CCCN1. The molecular formula is C10H15F2N. The van der Waals surface area contributed by atoms with Crippen LogP contribution in [0.25, 0.3) is 0 Å². The molecule has 1 heterocycles. The van der Waals surface area contributed by atoms with Crippen molar-refractivity contribution in [3.05, 3.63) is 0 Å². The lowest BCUT2D eigenvalue weighted by Crippen LogP contribution is -2.26. The van der Waals surface area contributed by atoms with Gasteiger partial charge >= 0.3 is 0 Å². The molecule has 1 saturated heterocycles. The Morgan fingerprint density at radius 1 is 1.08 bits per heavy atom. The van der Waals surface area contributed by atoms with Crippen molar-refractivity contribution < 1.29 is 8.78 Å². The Morgan fingerprint density at radius 2 is 1.85 bits per heavy atom. The molecule has 3 aliphatic rings. The summed E-state index contributed by atoms with van der Waals surface area (Å²) < 4.78 is 26.7. The molecule has 3 fully saturated rings. The molecule has 0 aromatic carbocycles. The van der Waals surface area contributed by atoms with Crippen LogP contribution in [0.2, 0.25) is 0 Å². The number of nitrogens with one attached hydrogen (secondary N) is 1. The lowest BCUT2D eigenvalue weighted by molar-refractivity contribution is 0.0758. The first-order chi connectivity index (χ1) is 6.21. The van der Waals surface area contributed by atoms with Crippen LogP contribution in [0.5, 0.6) is 0 Å². The fourth-order valence-corrected chi connectivity index (χ4v) is 2.97. The second-order valence-corrected chi connectivity index (χ2v) is 4.77. The standard InChI is InChI=1S/C10H15F2N/c11-10(12)8(6-3-4-6)9(10)7-2-1-5-13-7/h6-9,13H,1-5H2. The van der Waals surface area contributed by atoms with E-state index in [4.69, 9.17) is 0 Å². The van der Waals surface area contributed by atoms with Crippen LogP contribution in [-0.4, -0.2) is 18.5 Å². The molecule has 2 saturated carbocycles. The average Bonchev–Trinajstić information content (AvgIpc) is 2.91. The number of hydrogen-bond donors (Lipinski definition) is 1. The van der Waals surface area contributed by atoms with Gasteiger partial charge in [-0.25, -0.2) is 8.78 Å². The summed E-state index contributed by atoms with van der Waals surface area (Å²) in [4.78, 5) is 0. The topological polar surface area (TPSA) is 12.0 Å². The maximum atomic E-state index is 13.4. The van der Waals surface area contributed by atoms with Crippen LogP contribution in [0.15, 0.2) is 0 Å². The van der Waals surface area contributed by atoms with Gasteiger partial charge in [-0.15, -0.1) is 0 Å². The minimum atomic E-state index is -2.33. The molecule has 3 heteroatoms. The Morgan fingerprint density at radius 3 is 2.38 bits per heavy atom. The maximum Gasteiger partial charge on any atom is 0.256 e. The molecule has 3 rings (SSSR count). The number of rotatable bonds is 2. The molecule has 1 nitrogen and oxygen atoms in total. The van der Waals surface area contributed by atoms with Gasteiger partial charge < -0.3 is 5.32 Å². The number of hydrogen-bond acceptors (Lipinski definition) is 1. The van der Waals surface area contributed by atoms with Crippen molar-refractivity contribution in [3.63, 3.8) is 0 Å². The molecular weight excluding hydrogens is 172 g/mol. The fraction of sp³-hybridized carbons (Fsp3) is 1.00. The molecule has 0 aromatic heterocycles.